The maximum Gasteiger partial charge on any atom is 0.246 e. The highest BCUT2D eigenvalue weighted by Gasteiger charge is 2.41. The minimum Gasteiger partial charge on any atom is -0.378 e. The third-order valence-corrected chi connectivity index (χ3v) is 7.90. The van der Waals surface area contributed by atoms with Crippen LogP contribution < -0.4 is 16.4 Å². The lowest BCUT2D eigenvalue weighted by Crippen LogP contribution is -2.58. The standard InChI is InChI=1S/C30H45N5O6S/c1-21-26(42-20-33-21)23-9-7-22(8-10-23)18-32-28(37)24-6-5-12-35(24)29(38)27(30(2,3)4)34-25(36)19-41-17-16-40-15-14-39-13-11-31/h7-10,20,24,27H,5-6,11-19,31H2,1-4H3,(H,32,37)(H,34,36)/t24-,27+/m0/s1. The molecule has 1 fully saturated rings. The molecule has 2 atom stereocenters. The fraction of sp³-hybridized carbons (Fsp3) is 0.600. The maximum atomic E-state index is 13.7. The lowest BCUT2D eigenvalue weighted by atomic mass is 9.85. The molecule has 11 nitrogen and oxygen atoms in total. The predicted octanol–water partition coefficient (Wildman–Crippen LogP) is 2.27. The molecule has 232 valence electrons. The van der Waals surface area contributed by atoms with Crippen molar-refractivity contribution in [1.82, 2.24) is 20.5 Å². The third kappa shape index (κ3) is 10.1. The molecule has 0 bridgehead atoms. The van der Waals surface area contributed by atoms with E-state index in [1.54, 1.807) is 16.2 Å². The maximum absolute atomic E-state index is 13.7. The number of hydrogen-bond acceptors (Lipinski definition) is 9. The molecular weight excluding hydrogens is 558 g/mol. The Bertz CT molecular complexity index is 1150. The SMILES string of the molecule is Cc1ncsc1-c1ccc(CNC(=O)[C@@H]2CCCN2C(=O)[C@@H](NC(=O)COCCOCCOCCN)C(C)(C)C)cc1. The van der Waals surface area contributed by atoms with Crippen LogP contribution in [0.15, 0.2) is 29.8 Å². The van der Waals surface area contributed by atoms with Gasteiger partial charge in [-0.15, -0.1) is 11.3 Å². The Kier molecular flexibility index (Phi) is 13.3. The smallest absolute Gasteiger partial charge is 0.246 e. The molecule has 12 heteroatoms. The fourth-order valence-electron chi connectivity index (χ4n) is 4.67. The monoisotopic (exact) mass is 603 g/mol. The normalized spacial score (nSPS) is 15.9. The summed E-state index contributed by atoms with van der Waals surface area (Å²) in [6.07, 6.45) is 1.30. The van der Waals surface area contributed by atoms with E-state index < -0.39 is 23.4 Å². The van der Waals surface area contributed by atoms with Crippen LogP contribution in [0.2, 0.25) is 0 Å². The number of nitrogens with two attached hydrogens (primary N) is 1. The summed E-state index contributed by atoms with van der Waals surface area (Å²) in [4.78, 5) is 46.5. The number of benzene rings is 1. The van der Waals surface area contributed by atoms with Gasteiger partial charge in [0.25, 0.3) is 0 Å². The van der Waals surface area contributed by atoms with Gasteiger partial charge in [-0.3, -0.25) is 14.4 Å². The number of carbonyl (C=O) groups is 3. The largest absolute Gasteiger partial charge is 0.378 e. The van der Waals surface area contributed by atoms with Gasteiger partial charge in [0.15, 0.2) is 0 Å². The number of rotatable bonds is 16. The van der Waals surface area contributed by atoms with Crippen molar-refractivity contribution in [3.63, 3.8) is 0 Å². The first kappa shape index (κ1) is 33.6. The van der Waals surface area contributed by atoms with Crippen LogP contribution in [-0.2, 0) is 35.1 Å². The van der Waals surface area contributed by atoms with Gasteiger partial charge in [-0.05, 0) is 36.3 Å². The summed E-state index contributed by atoms with van der Waals surface area (Å²) in [6.45, 7) is 10.7. The molecule has 2 aromatic rings. The number of nitrogens with one attached hydrogen (secondary N) is 2. The van der Waals surface area contributed by atoms with Crippen molar-refractivity contribution in [3.8, 4) is 10.4 Å². The summed E-state index contributed by atoms with van der Waals surface area (Å²) in [5.41, 5.74) is 9.68. The number of aryl methyl sites for hydroxylation is 1. The number of likely N-dealkylation sites (tertiary alicyclic amines) is 1. The van der Waals surface area contributed by atoms with Gasteiger partial charge < -0.3 is 35.5 Å². The summed E-state index contributed by atoms with van der Waals surface area (Å²) in [7, 11) is 0. The summed E-state index contributed by atoms with van der Waals surface area (Å²) in [5, 5.41) is 5.83. The molecule has 42 heavy (non-hydrogen) atoms. The van der Waals surface area contributed by atoms with Crippen LogP contribution in [0, 0.1) is 12.3 Å². The zero-order chi connectivity index (χ0) is 30.5. The highest BCUT2D eigenvalue weighted by molar-refractivity contribution is 7.13. The second-order valence-electron chi connectivity index (χ2n) is 11.3. The van der Waals surface area contributed by atoms with E-state index in [4.69, 9.17) is 19.9 Å². The Hall–Kier alpha value is -2.90. The molecule has 1 aromatic heterocycles. The first-order valence-electron chi connectivity index (χ1n) is 14.4. The van der Waals surface area contributed by atoms with Crippen molar-refractivity contribution < 1.29 is 28.6 Å². The molecule has 3 amide bonds. The van der Waals surface area contributed by atoms with E-state index in [-0.39, 0.29) is 25.0 Å². The van der Waals surface area contributed by atoms with E-state index in [9.17, 15) is 14.4 Å². The van der Waals surface area contributed by atoms with Crippen molar-refractivity contribution in [2.45, 2.75) is 59.2 Å². The molecule has 0 aliphatic carbocycles. The number of ether oxygens (including phenoxy) is 3. The van der Waals surface area contributed by atoms with Crippen molar-refractivity contribution in [3.05, 3.63) is 41.0 Å². The van der Waals surface area contributed by atoms with Gasteiger partial charge in [0.1, 0.15) is 18.7 Å². The van der Waals surface area contributed by atoms with Crippen molar-refractivity contribution in [2.24, 2.45) is 11.1 Å². The third-order valence-electron chi connectivity index (χ3n) is 6.92. The molecule has 1 aliphatic heterocycles. The molecule has 4 N–H and O–H groups in total. The summed E-state index contributed by atoms with van der Waals surface area (Å²) < 4.78 is 16.0. The van der Waals surface area contributed by atoms with Crippen LogP contribution in [0.25, 0.3) is 10.4 Å². The molecule has 2 heterocycles. The van der Waals surface area contributed by atoms with Crippen LogP contribution in [0.1, 0.15) is 44.9 Å². The average Bonchev–Trinajstić information content (AvgIpc) is 3.62. The molecule has 0 radical (unpaired) electrons. The molecule has 0 unspecified atom stereocenters. The number of carbonyl (C=O) groups excluding carboxylic acids is 3. The second kappa shape index (κ2) is 16.7. The van der Waals surface area contributed by atoms with E-state index in [0.29, 0.717) is 52.5 Å². The van der Waals surface area contributed by atoms with Gasteiger partial charge in [0.2, 0.25) is 17.7 Å². The zero-order valence-corrected chi connectivity index (χ0v) is 26.0. The Labute approximate surface area is 252 Å². The first-order valence-corrected chi connectivity index (χ1v) is 15.3. The molecule has 1 aromatic carbocycles. The molecule has 0 spiro atoms. The minimum atomic E-state index is -0.805. The van der Waals surface area contributed by atoms with Crippen LogP contribution >= 0.6 is 11.3 Å². The molecular formula is C30H45N5O6S. The van der Waals surface area contributed by atoms with Gasteiger partial charge in [-0.25, -0.2) is 4.98 Å². The average molecular weight is 604 g/mol. The van der Waals surface area contributed by atoms with Gasteiger partial charge in [0.05, 0.1) is 49.1 Å². The van der Waals surface area contributed by atoms with Crippen molar-refractivity contribution >= 4 is 29.1 Å². The topological polar surface area (TPSA) is 145 Å². The Balaban J connectivity index is 1.48. The van der Waals surface area contributed by atoms with Gasteiger partial charge in [-0.1, -0.05) is 45.0 Å². The first-order chi connectivity index (χ1) is 20.1. The van der Waals surface area contributed by atoms with Gasteiger partial charge in [-0.2, -0.15) is 0 Å². The number of hydrogen-bond donors (Lipinski definition) is 3. The van der Waals surface area contributed by atoms with E-state index in [0.717, 1.165) is 28.1 Å². The molecule has 1 saturated heterocycles. The van der Waals surface area contributed by atoms with E-state index in [1.807, 2.05) is 57.5 Å². The number of thiazole rings is 1. The van der Waals surface area contributed by atoms with Crippen LogP contribution in [0.5, 0.6) is 0 Å². The van der Waals surface area contributed by atoms with Crippen LogP contribution in [0.3, 0.4) is 0 Å². The van der Waals surface area contributed by atoms with Gasteiger partial charge in [0, 0.05) is 19.6 Å². The quantitative estimate of drug-likeness (QED) is 0.248. The lowest BCUT2D eigenvalue weighted by Gasteiger charge is -2.35. The van der Waals surface area contributed by atoms with Gasteiger partial charge >= 0.3 is 0 Å². The number of amides is 3. The van der Waals surface area contributed by atoms with E-state index in [2.05, 4.69) is 15.6 Å². The summed E-state index contributed by atoms with van der Waals surface area (Å²) in [6, 6.07) is 6.65. The molecule has 1 aliphatic rings. The Morgan fingerprint density at radius 2 is 1.74 bits per heavy atom. The summed E-state index contributed by atoms with van der Waals surface area (Å²) >= 11 is 1.60. The fourth-order valence-corrected chi connectivity index (χ4v) is 5.48. The van der Waals surface area contributed by atoms with Crippen molar-refractivity contribution in [1.29, 1.82) is 0 Å². The zero-order valence-electron chi connectivity index (χ0n) is 25.1. The lowest BCUT2D eigenvalue weighted by molar-refractivity contribution is -0.144. The Morgan fingerprint density at radius 1 is 1.07 bits per heavy atom. The van der Waals surface area contributed by atoms with Crippen LogP contribution in [-0.4, -0.2) is 92.4 Å². The molecule has 0 saturated carbocycles. The second-order valence-corrected chi connectivity index (χ2v) is 12.2. The highest BCUT2D eigenvalue weighted by Crippen LogP contribution is 2.28. The highest BCUT2D eigenvalue weighted by atomic mass is 32.1. The summed E-state index contributed by atoms with van der Waals surface area (Å²) in [5.74, 6) is -0.857. The number of aromatic nitrogens is 1. The van der Waals surface area contributed by atoms with E-state index >= 15 is 0 Å². The molecule has 3 rings (SSSR count). The minimum absolute atomic E-state index is 0.195. The number of nitrogens with zero attached hydrogens (tertiary/aromatic N) is 2. The van der Waals surface area contributed by atoms with E-state index in [1.165, 1.54) is 0 Å². The predicted molar refractivity (Wildman–Crippen MR) is 162 cm³/mol. The van der Waals surface area contributed by atoms with Crippen molar-refractivity contribution in [2.75, 3.05) is 52.7 Å². The van der Waals surface area contributed by atoms with Crippen LogP contribution in [0.4, 0.5) is 0 Å². The Morgan fingerprint density at radius 3 is 2.36 bits per heavy atom.